The molecular formula is C44H72N6O6Sn. The summed E-state index contributed by atoms with van der Waals surface area (Å²) < 4.78 is 16.5. The van der Waals surface area contributed by atoms with E-state index in [9.17, 15) is 19.5 Å². The summed E-state index contributed by atoms with van der Waals surface area (Å²) in [7, 11) is 0. The number of ketones is 1. The number of hydrogen-bond acceptors (Lipinski definition) is 10. The molecule has 1 N–H and O–H groups in total. The average Bonchev–Trinajstić information content (AvgIpc) is 3.61. The van der Waals surface area contributed by atoms with Gasteiger partial charge in [-0.25, -0.2) is 19.6 Å². The second-order valence-corrected chi connectivity index (χ2v) is 31.5. The van der Waals surface area contributed by atoms with Crippen LogP contribution >= 0.6 is 0 Å². The SMILES string of the molecule is CC(C)(C)OC(=O)N1C2CCC1CC(=O)C2.CC(C)(C)OC(=O)N1C2CCC1CC(O)(c1ncccn1)C2.CCC[CH2][Sn]([CH2]CCC)([CH2]CCC)[c]1ncccn1. The maximum atomic E-state index is 12.4. The molecular weight excluding hydrogens is 827 g/mol. The van der Waals surface area contributed by atoms with Crippen LogP contribution in [0.15, 0.2) is 36.9 Å². The molecule has 2 aromatic rings. The van der Waals surface area contributed by atoms with E-state index in [4.69, 9.17) is 19.4 Å². The van der Waals surface area contributed by atoms with E-state index < -0.39 is 35.2 Å². The number of rotatable bonds is 11. The molecule has 12 nitrogen and oxygen atoms in total. The third-order valence-electron chi connectivity index (χ3n) is 11.6. The molecule has 4 unspecified atom stereocenters. The van der Waals surface area contributed by atoms with E-state index >= 15 is 0 Å². The molecule has 4 saturated heterocycles. The second kappa shape index (κ2) is 20.9. The van der Waals surface area contributed by atoms with Gasteiger partial charge >= 0.3 is 135 Å². The van der Waals surface area contributed by atoms with Crippen LogP contribution in [-0.2, 0) is 19.9 Å². The number of aromatic nitrogens is 4. The van der Waals surface area contributed by atoms with Gasteiger partial charge in [-0.1, -0.05) is 0 Å². The third kappa shape index (κ3) is 13.3. The topological polar surface area (TPSA) is 148 Å². The molecule has 4 aliphatic rings. The van der Waals surface area contributed by atoms with Crippen LogP contribution in [0.3, 0.4) is 0 Å². The first-order valence-electron chi connectivity index (χ1n) is 21.8. The number of carbonyl (C=O) groups excluding carboxylic acids is 3. The van der Waals surface area contributed by atoms with Crippen molar-refractivity contribution < 1.29 is 29.0 Å². The number of aliphatic hydroxyl groups is 1. The Balaban J connectivity index is 0.000000192. The summed E-state index contributed by atoms with van der Waals surface area (Å²) in [6, 6.07) is 3.84. The van der Waals surface area contributed by atoms with E-state index in [1.54, 1.807) is 23.4 Å². The van der Waals surface area contributed by atoms with Crippen LogP contribution in [0.1, 0.15) is 158 Å². The summed E-state index contributed by atoms with van der Waals surface area (Å²) >= 11 is -2.32. The molecule has 318 valence electrons. The van der Waals surface area contributed by atoms with Crippen molar-refractivity contribution in [1.29, 1.82) is 0 Å². The van der Waals surface area contributed by atoms with Crippen LogP contribution in [0.4, 0.5) is 9.59 Å². The fourth-order valence-corrected chi connectivity index (χ4v) is 23.8. The van der Waals surface area contributed by atoms with Crippen LogP contribution in [-0.4, -0.2) is 107 Å². The normalized spacial score (nSPS) is 24.2. The molecule has 13 heteroatoms. The van der Waals surface area contributed by atoms with Crippen LogP contribution < -0.4 is 3.84 Å². The van der Waals surface area contributed by atoms with Crippen LogP contribution in [0.25, 0.3) is 0 Å². The van der Waals surface area contributed by atoms with Gasteiger partial charge in [0.25, 0.3) is 0 Å². The van der Waals surface area contributed by atoms with E-state index in [0.717, 1.165) is 25.7 Å². The predicted octanol–water partition coefficient (Wildman–Crippen LogP) is 8.88. The Morgan fingerprint density at radius 3 is 1.44 bits per heavy atom. The van der Waals surface area contributed by atoms with Crippen molar-refractivity contribution in [2.24, 2.45) is 0 Å². The number of piperidine rings is 2. The molecule has 57 heavy (non-hydrogen) atoms. The molecule has 2 amide bonds. The van der Waals surface area contributed by atoms with E-state index in [0.29, 0.717) is 31.5 Å². The van der Waals surface area contributed by atoms with Crippen molar-refractivity contribution in [3.05, 3.63) is 42.7 Å². The van der Waals surface area contributed by atoms with Crippen molar-refractivity contribution in [2.45, 2.75) is 206 Å². The van der Waals surface area contributed by atoms with Crippen LogP contribution in [0.5, 0.6) is 0 Å². The van der Waals surface area contributed by atoms with Gasteiger partial charge in [-0.3, -0.25) is 4.79 Å². The summed E-state index contributed by atoms with van der Waals surface area (Å²) in [4.78, 5) is 57.2. The van der Waals surface area contributed by atoms with E-state index in [1.165, 1.54) is 55.7 Å². The summed E-state index contributed by atoms with van der Waals surface area (Å²) in [6.45, 7) is 18.1. The molecule has 0 radical (unpaired) electrons. The summed E-state index contributed by atoms with van der Waals surface area (Å²) in [5.74, 6) is 0.739. The molecule has 4 atom stereocenters. The number of nitrogens with zero attached hydrogens (tertiary/aromatic N) is 6. The Kier molecular flexibility index (Phi) is 17.2. The zero-order chi connectivity index (χ0) is 41.9. The van der Waals surface area contributed by atoms with Gasteiger partial charge in [0.05, 0.1) is 0 Å². The van der Waals surface area contributed by atoms with E-state index in [-0.39, 0.29) is 42.1 Å². The zero-order valence-electron chi connectivity index (χ0n) is 36.5. The van der Waals surface area contributed by atoms with Crippen molar-refractivity contribution in [3.63, 3.8) is 0 Å². The molecule has 6 heterocycles. The number of amides is 2. The molecule has 2 aromatic heterocycles. The molecule has 4 fully saturated rings. The summed E-state index contributed by atoms with van der Waals surface area (Å²) in [5.41, 5.74) is -2.02. The van der Waals surface area contributed by atoms with Gasteiger partial charge in [-0.05, 0) is 73.3 Å². The third-order valence-corrected chi connectivity index (χ3v) is 26.2. The molecule has 4 aliphatic heterocycles. The fourth-order valence-electron chi connectivity index (χ4n) is 8.97. The number of ether oxygens (including phenoxy) is 2. The fraction of sp³-hybridized carbons (Fsp3) is 0.750. The standard InChI is InChI=1S/C16H23N3O3.C12H19NO3.C4H3N2.3C4H9.Sn/c1-15(2,3)22-14(20)19-11-5-6-12(19)10-16(21,9-11)13-17-7-4-8-18-13;1-12(2,3)16-11(15)13-8-4-5-9(13)7-10(14)6-8;1-2-5-4-6-3-1;3*1-3-4-2;/h4,7-8,11-12,21H,5-6,9-10H2,1-3H3;8-9H,4-7H2,1-3H3;1-3H;3*1,3-4H2,2H3;. The number of carbonyl (C=O) groups is 3. The predicted molar refractivity (Wildman–Crippen MR) is 226 cm³/mol. The van der Waals surface area contributed by atoms with E-state index in [2.05, 4.69) is 30.7 Å². The summed E-state index contributed by atoms with van der Waals surface area (Å²) in [6.07, 6.45) is 20.3. The first-order valence-corrected chi connectivity index (χ1v) is 29.2. The Bertz CT molecular complexity index is 1520. The van der Waals surface area contributed by atoms with Gasteiger partial charge in [0.15, 0.2) is 5.82 Å². The van der Waals surface area contributed by atoms with Gasteiger partial charge in [0.1, 0.15) is 22.6 Å². The average molecular weight is 900 g/mol. The number of Topliss-reactive ketones (excluding diaryl/α,β-unsaturated/α-hetero) is 1. The molecule has 4 bridgehead atoms. The van der Waals surface area contributed by atoms with Gasteiger partial charge in [-0.2, -0.15) is 0 Å². The van der Waals surface area contributed by atoms with Crippen LogP contribution in [0, 0.1) is 0 Å². The van der Waals surface area contributed by atoms with Crippen LogP contribution in [0.2, 0.25) is 13.3 Å². The molecule has 0 aromatic carbocycles. The van der Waals surface area contributed by atoms with Gasteiger partial charge < -0.3 is 24.4 Å². The number of fused-ring (bicyclic) bond motifs is 4. The minimum atomic E-state index is -2.32. The maximum absolute atomic E-state index is 12.4. The zero-order valence-corrected chi connectivity index (χ0v) is 39.3. The Morgan fingerprint density at radius 1 is 0.684 bits per heavy atom. The molecule has 0 saturated carbocycles. The van der Waals surface area contributed by atoms with Gasteiger partial charge in [0.2, 0.25) is 0 Å². The van der Waals surface area contributed by atoms with Gasteiger partial charge in [-0.15, -0.1) is 0 Å². The minimum absolute atomic E-state index is 0.0117. The van der Waals surface area contributed by atoms with Crippen molar-refractivity contribution in [1.82, 2.24) is 29.7 Å². The number of unbranched alkanes of at least 4 members (excludes halogenated alkanes) is 3. The Labute approximate surface area is 346 Å². The first-order chi connectivity index (χ1) is 26.9. The monoisotopic (exact) mass is 900 g/mol. The van der Waals surface area contributed by atoms with Crippen molar-refractivity contribution >= 4 is 40.2 Å². The van der Waals surface area contributed by atoms with Gasteiger partial charge in [0, 0.05) is 62.2 Å². The molecule has 0 spiro atoms. The van der Waals surface area contributed by atoms with Crippen molar-refractivity contribution in [2.75, 3.05) is 0 Å². The summed E-state index contributed by atoms with van der Waals surface area (Å²) in [5, 5.41) is 11.0. The van der Waals surface area contributed by atoms with Crippen molar-refractivity contribution in [3.8, 4) is 0 Å². The van der Waals surface area contributed by atoms with E-state index in [1.807, 2.05) is 64.9 Å². The molecule has 0 aliphatic carbocycles. The first kappa shape index (κ1) is 46.8. The Hall–Kier alpha value is -2.87. The number of hydrogen-bond donors (Lipinski definition) is 1. The quantitative estimate of drug-likeness (QED) is 0.217. The molecule has 6 rings (SSSR count). The second-order valence-electron chi connectivity index (χ2n) is 18.7. The Morgan fingerprint density at radius 2 is 1.05 bits per heavy atom.